The van der Waals surface area contributed by atoms with Gasteiger partial charge in [-0.3, -0.25) is 4.68 Å². The first-order chi connectivity index (χ1) is 10.3. The van der Waals surface area contributed by atoms with Crippen molar-refractivity contribution < 1.29 is 0 Å². The van der Waals surface area contributed by atoms with Crippen LogP contribution in [0.4, 0.5) is 0 Å². The van der Waals surface area contributed by atoms with Crippen LogP contribution in [0.3, 0.4) is 0 Å². The summed E-state index contributed by atoms with van der Waals surface area (Å²) < 4.78 is 3.01. The van der Waals surface area contributed by atoms with E-state index in [1.54, 1.807) is 11.3 Å². The van der Waals surface area contributed by atoms with Crippen LogP contribution in [0.2, 0.25) is 0 Å². The number of hydrogen-bond acceptors (Lipinski definition) is 4. The molecule has 108 valence electrons. The number of aromatic nitrogens is 3. The molecule has 0 saturated carbocycles. The Morgan fingerprint density at radius 3 is 2.86 bits per heavy atom. The minimum absolute atomic E-state index is 1.08. The second-order valence-corrected chi connectivity index (χ2v) is 7.04. The van der Waals surface area contributed by atoms with E-state index in [1.807, 2.05) is 35.8 Å². The van der Waals surface area contributed by atoms with Gasteiger partial charge in [-0.1, -0.05) is 42.1 Å². The van der Waals surface area contributed by atoms with Crippen molar-refractivity contribution in [3.63, 3.8) is 0 Å². The molecule has 0 fully saturated rings. The molecule has 3 aromatic rings. The molecule has 0 aliphatic rings. The fraction of sp³-hybridized carbons (Fsp3) is 0.250. The van der Waals surface area contributed by atoms with Crippen LogP contribution in [0.1, 0.15) is 12.0 Å². The van der Waals surface area contributed by atoms with E-state index in [9.17, 15) is 0 Å². The van der Waals surface area contributed by atoms with E-state index < -0.39 is 0 Å². The van der Waals surface area contributed by atoms with Gasteiger partial charge >= 0.3 is 0 Å². The Hall–Kier alpha value is -1.59. The molecule has 3 nitrogen and oxygen atoms in total. The average molecular weight is 315 g/mol. The van der Waals surface area contributed by atoms with Gasteiger partial charge in [0.15, 0.2) is 4.34 Å². The first-order valence-electron chi connectivity index (χ1n) is 6.92. The van der Waals surface area contributed by atoms with Gasteiger partial charge in [0, 0.05) is 29.9 Å². The molecule has 21 heavy (non-hydrogen) atoms. The highest BCUT2D eigenvalue weighted by molar-refractivity contribution is 8.01. The van der Waals surface area contributed by atoms with Crippen molar-refractivity contribution >= 4 is 23.1 Å². The third kappa shape index (κ3) is 3.95. The molecule has 0 saturated heterocycles. The highest BCUT2D eigenvalue weighted by atomic mass is 32.2. The summed E-state index contributed by atoms with van der Waals surface area (Å²) >= 11 is 3.57. The van der Waals surface area contributed by atoms with E-state index >= 15 is 0 Å². The van der Waals surface area contributed by atoms with Gasteiger partial charge in [0.25, 0.3) is 0 Å². The van der Waals surface area contributed by atoms with E-state index in [2.05, 4.69) is 40.9 Å². The summed E-state index contributed by atoms with van der Waals surface area (Å²) in [6.45, 7) is 0. The molecule has 0 atom stereocenters. The molecule has 2 aromatic heterocycles. The first kappa shape index (κ1) is 14.4. The molecule has 0 amide bonds. The molecule has 5 heteroatoms. The fourth-order valence-electron chi connectivity index (χ4n) is 2.10. The highest BCUT2D eigenvalue weighted by Gasteiger charge is 2.05. The fourth-order valence-corrected chi connectivity index (χ4v) is 3.95. The van der Waals surface area contributed by atoms with E-state index in [0.717, 1.165) is 28.6 Å². The summed E-state index contributed by atoms with van der Waals surface area (Å²) in [5.74, 6) is 1.09. The molecule has 0 radical (unpaired) electrons. The molecule has 0 spiro atoms. The molecule has 0 N–H and O–H groups in total. The Balaban J connectivity index is 1.49. The molecule has 0 unspecified atom stereocenters. The van der Waals surface area contributed by atoms with Crippen LogP contribution >= 0.6 is 23.1 Å². The second kappa shape index (κ2) is 6.91. The number of rotatable bonds is 6. The third-order valence-electron chi connectivity index (χ3n) is 3.15. The van der Waals surface area contributed by atoms with Gasteiger partial charge < -0.3 is 0 Å². The highest BCUT2D eigenvalue weighted by Crippen LogP contribution is 2.28. The lowest BCUT2D eigenvalue weighted by Gasteiger charge is -1.97. The molecule has 3 rings (SSSR count). The molecule has 0 bridgehead atoms. The van der Waals surface area contributed by atoms with Crippen LogP contribution in [-0.4, -0.2) is 20.5 Å². The van der Waals surface area contributed by atoms with Crippen molar-refractivity contribution in [2.45, 2.75) is 17.2 Å². The van der Waals surface area contributed by atoms with Crippen molar-refractivity contribution in [2.75, 3.05) is 5.75 Å². The van der Waals surface area contributed by atoms with Gasteiger partial charge in [-0.25, -0.2) is 4.98 Å². The summed E-state index contributed by atoms with van der Waals surface area (Å²) in [6, 6.07) is 10.3. The Bertz CT molecular complexity index is 688. The van der Waals surface area contributed by atoms with Crippen LogP contribution in [0, 0.1) is 0 Å². The smallest absolute Gasteiger partial charge is 0.150 e. The second-order valence-electron chi connectivity index (χ2n) is 4.84. The van der Waals surface area contributed by atoms with Gasteiger partial charge in [0.1, 0.15) is 0 Å². The van der Waals surface area contributed by atoms with Crippen molar-refractivity contribution in [2.24, 2.45) is 7.05 Å². The maximum atomic E-state index is 4.69. The Morgan fingerprint density at radius 1 is 1.24 bits per heavy atom. The first-order valence-corrected chi connectivity index (χ1v) is 8.79. The quantitative estimate of drug-likeness (QED) is 0.503. The van der Waals surface area contributed by atoms with Gasteiger partial charge in [-0.15, -0.1) is 11.3 Å². The summed E-state index contributed by atoms with van der Waals surface area (Å²) in [4.78, 5) is 4.69. The number of hydrogen-bond donors (Lipinski definition) is 0. The van der Waals surface area contributed by atoms with Crippen LogP contribution in [0.25, 0.3) is 11.3 Å². The number of benzene rings is 1. The Labute approximate surface area is 133 Å². The largest absolute Gasteiger partial charge is 0.276 e. The summed E-state index contributed by atoms with van der Waals surface area (Å²) in [5, 5.41) is 6.33. The number of nitrogens with zero attached hydrogens (tertiary/aromatic N) is 3. The maximum Gasteiger partial charge on any atom is 0.150 e. The summed E-state index contributed by atoms with van der Waals surface area (Å²) in [5.41, 5.74) is 3.58. The zero-order valence-electron chi connectivity index (χ0n) is 11.9. The maximum absolute atomic E-state index is 4.69. The monoisotopic (exact) mass is 315 g/mol. The molecule has 0 aliphatic carbocycles. The Kier molecular flexibility index (Phi) is 4.72. The van der Waals surface area contributed by atoms with Crippen LogP contribution in [0.15, 0.2) is 52.4 Å². The van der Waals surface area contributed by atoms with E-state index in [4.69, 9.17) is 4.98 Å². The third-order valence-corrected chi connectivity index (χ3v) is 5.25. The van der Waals surface area contributed by atoms with Crippen LogP contribution < -0.4 is 0 Å². The van der Waals surface area contributed by atoms with E-state index in [0.29, 0.717) is 0 Å². The predicted molar refractivity (Wildman–Crippen MR) is 89.8 cm³/mol. The normalized spacial score (nSPS) is 10.9. The number of thiazole rings is 1. The lowest BCUT2D eigenvalue weighted by molar-refractivity contribution is 0.766. The Morgan fingerprint density at radius 2 is 2.10 bits per heavy atom. The van der Waals surface area contributed by atoms with E-state index in [1.165, 1.54) is 11.1 Å². The molecule has 0 aliphatic heterocycles. The molecule has 1 aromatic carbocycles. The summed E-state index contributed by atoms with van der Waals surface area (Å²) in [6.07, 6.45) is 6.26. The lowest BCUT2D eigenvalue weighted by atomic mass is 10.2. The zero-order valence-corrected chi connectivity index (χ0v) is 13.5. The van der Waals surface area contributed by atoms with Gasteiger partial charge in [0.05, 0.1) is 11.9 Å². The van der Waals surface area contributed by atoms with Crippen molar-refractivity contribution in [3.05, 3.63) is 53.7 Å². The number of aryl methyl sites for hydroxylation is 2. The lowest BCUT2D eigenvalue weighted by Crippen LogP contribution is -1.87. The molecular weight excluding hydrogens is 298 g/mol. The zero-order chi connectivity index (χ0) is 14.5. The standard InChI is InChI=1S/C16H17N3S2/c1-19-11-13(10-17-19)6-5-9-20-16-18-15(12-21-16)14-7-3-2-4-8-14/h2-4,7-8,10-12H,5-6,9H2,1H3. The predicted octanol–water partition coefficient (Wildman–Crippen LogP) is 4.27. The molecular formula is C16H17N3S2. The SMILES string of the molecule is Cn1cc(CCCSc2nc(-c3ccccc3)cs2)cn1. The minimum atomic E-state index is 1.08. The van der Waals surface area contributed by atoms with E-state index in [-0.39, 0.29) is 0 Å². The minimum Gasteiger partial charge on any atom is -0.276 e. The average Bonchev–Trinajstić information content (AvgIpc) is 3.14. The van der Waals surface area contributed by atoms with Gasteiger partial charge in [-0.2, -0.15) is 5.10 Å². The van der Waals surface area contributed by atoms with Crippen LogP contribution in [-0.2, 0) is 13.5 Å². The van der Waals surface area contributed by atoms with Crippen LogP contribution in [0.5, 0.6) is 0 Å². The summed E-state index contributed by atoms with van der Waals surface area (Å²) in [7, 11) is 1.96. The molecule has 2 heterocycles. The van der Waals surface area contributed by atoms with Crippen molar-refractivity contribution in [1.82, 2.24) is 14.8 Å². The van der Waals surface area contributed by atoms with Gasteiger partial charge in [-0.05, 0) is 18.4 Å². The topological polar surface area (TPSA) is 30.7 Å². The van der Waals surface area contributed by atoms with Crippen molar-refractivity contribution in [1.29, 1.82) is 0 Å². The number of thioether (sulfide) groups is 1. The van der Waals surface area contributed by atoms with Crippen molar-refractivity contribution in [3.8, 4) is 11.3 Å². The van der Waals surface area contributed by atoms with Gasteiger partial charge in [0.2, 0.25) is 0 Å².